The summed E-state index contributed by atoms with van der Waals surface area (Å²) in [4.78, 5) is 3.26. The van der Waals surface area contributed by atoms with Gasteiger partial charge in [0.05, 0.1) is 5.02 Å². The lowest BCUT2D eigenvalue weighted by Gasteiger charge is -2.11. The van der Waals surface area contributed by atoms with Crippen molar-refractivity contribution in [2.24, 2.45) is 0 Å². The number of aromatic amines is 1. The van der Waals surface area contributed by atoms with Crippen molar-refractivity contribution in [2.75, 3.05) is 6.54 Å². The molecule has 1 aromatic heterocycles. The molecule has 0 spiro atoms. The molecule has 4 nitrogen and oxygen atoms in total. The van der Waals surface area contributed by atoms with Crippen molar-refractivity contribution in [3.8, 4) is 0 Å². The molecule has 0 aliphatic heterocycles. The van der Waals surface area contributed by atoms with Gasteiger partial charge in [-0.05, 0) is 42.7 Å². The lowest BCUT2D eigenvalue weighted by atomic mass is 10.1. The van der Waals surface area contributed by atoms with E-state index in [1.54, 1.807) is 13.0 Å². The van der Waals surface area contributed by atoms with E-state index < -0.39 is 10.0 Å². The summed E-state index contributed by atoms with van der Waals surface area (Å²) in [5.74, 6) is 0. The average molecular weight is 383 g/mol. The van der Waals surface area contributed by atoms with Crippen LogP contribution in [0.15, 0.2) is 47.5 Å². The first-order chi connectivity index (χ1) is 11.4. The molecule has 0 saturated carbocycles. The molecule has 0 saturated heterocycles. The first kappa shape index (κ1) is 17.3. The minimum atomic E-state index is -3.70. The molecule has 0 atom stereocenters. The summed E-state index contributed by atoms with van der Waals surface area (Å²) in [5, 5.41) is 1.63. The second-order valence-corrected chi connectivity index (χ2v) is 8.09. The number of hydrogen-bond acceptors (Lipinski definition) is 2. The third kappa shape index (κ3) is 3.44. The van der Waals surface area contributed by atoms with Gasteiger partial charge in [-0.25, -0.2) is 13.1 Å². The van der Waals surface area contributed by atoms with Gasteiger partial charge in [0.1, 0.15) is 4.90 Å². The van der Waals surface area contributed by atoms with Crippen molar-refractivity contribution >= 4 is 44.1 Å². The first-order valence-electron chi connectivity index (χ1n) is 7.39. The van der Waals surface area contributed by atoms with Crippen LogP contribution < -0.4 is 4.72 Å². The van der Waals surface area contributed by atoms with Gasteiger partial charge in [-0.2, -0.15) is 0 Å². The molecule has 3 rings (SSSR count). The van der Waals surface area contributed by atoms with E-state index in [4.69, 9.17) is 23.2 Å². The van der Waals surface area contributed by atoms with Crippen LogP contribution in [-0.4, -0.2) is 19.9 Å². The highest BCUT2D eigenvalue weighted by Gasteiger charge is 2.21. The molecule has 24 heavy (non-hydrogen) atoms. The standard InChI is InChI=1S/C17H16Cl2N2O2S/c1-11-8-13(18)9-15(19)17(11)24(22,23)21-7-6-12-10-20-16-5-3-2-4-14(12)16/h2-5,8-10,20-21H,6-7H2,1H3. The SMILES string of the molecule is Cc1cc(Cl)cc(Cl)c1S(=O)(=O)NCCc1c[nH]c2ccccc12. The molecule has 3 aromatic rings. The minimum Gasteiger partial charge on any atom is -0.361 e. The molecule has 0 radical (unpaired) electrons. The second-order valence-electron chi connectivity index (χ2n) is 5.54. The lowest BCUT2D eigenvalue weighted by molar-refractivity contribution is 0.581. The number of H-pyrrole nitrogens is 1. The Morgan fingerprint density at radius 3 is 2.67 bits per heavy atom. The van der Waals surface area contributed by atoms with E-state index in [0.29, 0.717) is 17.0 Å². The Kier molecular flexibility index (Phi) is 4.88. The number of hydrogen-bond donors (Lipinski definition) is 2. The maximum atomic E-state index is 12.5. The molecule has 126 valence electrons. The molecule has 7 heteroatoms. The van der Waals surface area contributed by atoms with Crippen molar-refractivity contribution in [2.45, 2.75) is 18.2 Å². The number of fused-ring (bicyclic) bond motifs is 1. The number of benzene rings is 2. The van der Waals surface area contributed by atoms with Gasteiger partial charge in [-0.1, -0.05) is 41.4 Å². The Morgan fingerprint density at radius 1 is 1.17 bits per heavy atom. The molecule has 0 fully saturated rings. The van der Waals surface area contributed by atoms with Crippen LogP contribution in [0.3, 0.4) is 0 Å². The summed E-state index contributed by atoms with van der Waals surface area (Å²) in [6.45, 7) is 1.95. The minimum absolute atomic E-state index is 0.0764. The molecule has 0 unspecified atom stereocenters. The van der Waals surface area contributed by atoms with Gasteiger partial charge >= 0.3 is 0 Å². The van der Waals surface area contributed by atoms with Crippen molar-refractivity contribution in [3.05, 3.63) is 63.8 Å². The van der Waals surface area contributed by atoms with Crippen molar-refractivity contribution in [1.29, 1.82) is 0 Å². The maximum absolute atomic E-state index is 12.5. The summed E-state index contributed by atoms with van der Waals surface area (Å²) >= 11 is 12.0. The van der Waals surface area contributed by atoms with E-state index in [9.17, 15) is 8.42 Å². The zero-order valence-electron chi connectivity index (χ0n) is 12.9. The highest BCUT2D eigenvalue weighted by molar-refractivity contribution is 7.89. The first-order valence-corrected chi connectivity index (χ1v) is 9.63. The van der Waals surface area contributed by atoms with Gasteiger partial charge in [-0.3, -0.25) is 0 Å². The predicted octanol–water partition coefficient (Wildman–Crippen LogP) is 4.30. The summed E-state index contributed by atoms with van der Waals surface area (Å²) in [5.41, 5.74) is 2.62. The third-order valence-electron chi connectivity index (χ3n) is 3.82. The molecule has 0 amide bonds. The zero-order chi connectivity index (χ0) is 17.3. The second kappa shape index (κ2) is 6.76. The molecule has 0 aliphatic carbocycles. The quantitative estimate of drug-likeness (QED) is 0.690. The zero-order valence-corrected chi connectivity index (χ0v) is 15.3. The van der Waals surface area contributed by atoms with Crippen LogP contribution in [0.25, 0.3) is 10.9 Å². The van der Waals surface area contributed by atoms with Crippen molar-refractivity contribution in [1.82, 2.24) is 9.71 Å². The highest BCUT2D eigenvalue weighted by atomic mass is 35.5. The molecule has 1 heterocycles. The van der Waals surface area contributed by atoms with Crippen LogP contribution in [0.2, 0.25) is 10.0 Å². The number of sulfonamides is 1. The number of halogens is 2. The van der Waals surface area contributed by atoms with Crippen LogP contribution in [0.4, 0.5) is 0 Å². The number of aromatic nitrogens is 1. The smallest absolute Gasteiger partial charge is 0.242 e. The van der Waals surface area contributed by atoms with E-state index >= 15 is 0 Å². The fourth-order valence-electron chi connectivity index (χ4n) is 2.76. The summed E-state index contributed by atoms with van der Waals surface area (Å²) < 4.78 is 27.7. The van der Waals surface area contributed by atoms with Crippen LogP contribution in [0.5, 0.6) is 0 Å². The highest BCUT2D eigenvalue weighted by Crippen LogP contribution is 2.28. The van der Waals surface area contributed by atoms with E-state index in [2.05, 4.69) is 9.71 Å². The van der Waals surface area contributed by atoms with Gasteiger partial charge < -0.3 is 4.98 Å². The van der Waals surface area contributed by atoms with Crippen LogP contribution in [0, 0.1) is 6.92 Å². The Morgan fingerprint density at radius 2 is 1.92 bits per heavy atom. The Hall–Kier alpha value is -1.53. The summed E-state index contributed by atoms with van der Waals surface area (Å²) in [6.07, 6.45) is 2.48. The van der Waals surface area contributed by atoms with E-state index in [0.717, 1.165) is 16.5 Å². The summed E-state index contributed by atoms with van der Waals surface area (Å²) in [6, 6.07) is 10.9. The number of aryl methyl sites for hydroxylation is 1. The van der Waals surface area contributed by atoms with Gasteiger partial charge in [-0.15, -0.1) is 0 Å². The Labute approximate surface area is 150 Å². The predicted molar refractivity (Wildman–Crippen MR) is 98.4 cm³/mol. The van der Waals surface area contributed by atoms with Crippen molar-refractivity contribution < 1.29 is 8.42 Å². The third-order valence-corrected chi connectivity index (χ3v) is 6.12. The van der Waals surface area contributed by atoms with E-state index in [1.807, 2.05) is 30.5 Å². The van der Waals surface area contributed by atoms with Crippen LogP contribution >= 0.6 is 23.2 Å². The Balaban J connectivity index is 1.77. The average Bonchev–Trinajstić information content (AvgIpc) is 2.89. The lowest BCUT2D eigenvalue weighted by Crippen LogP contribution is -2.27. The molecule has 0 aliphatic rings. The molecular weight excluding hydrogens is 367 g/mol. The van der Waals surface area contributed by atoms with Crippen LogP contribution in [-0.2, 0) is 16.4 Å². The molecular formula is C17H16Cl2N2O2S. The number of nitrogens with one attached hydrogen (secondary N) is 2. The van der Waals surface area contributed by atoms with Gasteiger partial charge in [0, 0.05) is 28.7 Å². The van der Waals surface area contributed by atoms with E-state index in [-0.39, 0.29) is 16.5 Å². The molecule has 0 bridgehead atoms. The topological polar surface area (TPSA) is 62.0 Å². The monoisotopic (exact) mass is 382 g/mol. The molecule has 2 N–H and O–H groups in total. The number of para-hydroxylation sites is 1. The number of rotatable bonds is 5. The fraction of sp³-hybridized carbons (Fsp3) is 0.176. The van der Waals surface area contributed by atoms with Gasteiger partial charge in [0.25, 0.3) is 0 Å². The Bertz CT molecular complexity index is 974. The largest absolute Gasteiger partial charge is 0.361 e. The van der Waals surface area contributed by atoms with E-state index in [1.165, 1.54) is 6.07 Å². The normalized spacial score (nSPS) is 12.0. The fourth-order valence-corrected chi connectivity index (χ4v) is 4.97. The van der Waals surface area contributed by atoms with Crippen LogP contribution in [0.1, 0.15) is 11.1 Å². The summed E-state index contributed by atoms with van der Waals surface area (Å²) in [7, 11) is -3.70. The molecule has 2 aromatic carbocycles. The maximum Gasteiger partial charge on any atom is 0.242 e. The van der Waals surface area contributed by atoms with Crippen molar-refractivity contribution in [3.63, 3.8) is 0 Å². The van der Waals surface area contributed by atoms with Gasteiger partial charge in [0.2, 0.25) is 10.0 Å². The van der Waals surface area contributed by atoms with Gasteiger partial charge in [0.15, 0.2) is 0 Å².